The Kier molecular flexibility index (Phi) is 3.35. The minimum absolute atomic E-state index is 0.397. The van der Waals surface area contributed by atoms with Crippen molar-refractivity contribution >= 4 is 37.7 Å². The Balaban J connectivity index is 2.58. The average Bonchev–Trinajstić information content (AvgIpc) is 2.58. The van der Waals surface area contributed by atoms with Crippen molar-refractivity contribution < 1.29 is 4.52 Å². The molecule has 5 heteroatoms. The third-order valence-electron chi connectivity index (χ3n) is 2.31. The van der Waals surface area contributed by atoms with Gasteiger partial charge in [-0.1, -0.05) is 43.9 Å². The third kappa shape index (κ3) is 2.15. The third-order valence-corrected chi connectivity index (χ3v) is 3.22. The summed E-state index contributed by atoms with van der Waals surface area (Å²) in [4.78, 5) is 0. The van der Waals surface area contributed by atoms with E-state index in [1.807, 2.05) is 25.1 Å². The van der Waals surface area contributed by atoms with Gasteiger partial charge in [0, 0.05) is 20.1 Å². The van der Waals surface area contributed by atoms with E-state index in [-0.39, 0.29) is 0 Å². The molecule has 0 bridgehead atoms. The fourth-order valence-electron chi connectivity index (χ4n) is 1.58. The Morgan fingerprint density at radius 2 is 1.88 bits per heavy atom. The van der Waals surface area contributed by atoms with Crippen molar-refractivity contribution in [1.82, 2.24) is 5.16 Å². The van der Waals surface area contributed by atoms with Gasteiger partial charge in [0.25, 0.3) is 0 Å². The molecule has 1 aromatic carbocycles. The van der Waals surface area contributed by atoms with E-state index in [0.717, 1.165) is 32.2 Å². The summed E-state index contributed by atoms with van der Waals surface area (Å²) in [5.74, 6) is 0.397. The van der Waals surface area contributed by atoms with Crippen molar-refractivity contribution in [2.24, 2.45) is 0 Å². The largest absolute Gasteiger partial charge is 0.367 e. The van der Waals surface area contributed by atoms with Crippen molar-refractivity contribution in [3.05, 3.63) is 32.7 Å². The van der Waals surface area contributed by atoms with E-state index in [9.17, 15) is 0 Å². The van der Waals surface area contributed by atoms with E-state index in [1.54, 1.807) is 0 Å². The quantitative estimate of drug-likeness (QED) is 0.894. The van der Waals surface area contributed by atoms with Gasteiger partial charge in [-0.15, -0.1) is 0 Å². The van der Waals surface area contributed by atoms with E-state index in [0.29, 0.717) is 5.88 Å². The molecule has 1 heterocycles. The van der Waals surface area contributed by atoms with Crippen LogP contribution in [-0.2, 0) is 6.42 Å². The molecule has 2 rings (SSSR count). The number of benzene rings is 1. The zero-order chi connectivity index (χ0) is 11.7. The Morgan fingerprint density at radius 3 is 2.44 bits per heavy atom. The van der Waals surface area contributed by atoms with Crippen LogP contribution in [0.1, 0.15) is 12.5 Å². The van der Waals surface area contributed by atoms with Gasteiger partial charge in [0.15, 0.2) is 0 Å². The number of nitrogens with two attached hydrogens (primary N) is 1. The molecule has 0 aliphatic heterocycles. The second kappa shape index (κ2) is 4.59. The van der Waals surface area contributed by atoms with Crippen LogP contribution in [0.5, 0.6) is 0 Å². The van der Waals surface area contributed by atoms with Crippen molar-refractivity contribution in [2.45, 2.75) is 13.3 Å². The first kappa shape index (κ1) is 11.7. The molecule has 2 N–H and O–H groups in total. The van der Waals surface area contributed by atoms with Gasteiger partial charge in [-0.2, -0.15) is 0 Å². The SMILES string of the molecule is CCc1c(-c2cc(Br)cc(Br)c2)noc1N. The second-order valence-corrected chi connectivity index (χ2v) is 5.22. The van der Waals surface area contributed by atoms with E-state index < -0.39 is 0 Å². The predicted molar refractivity (Wildman–Crippen MR) is 71.1 cm³/mol. The lowest BCUT2D eigenvalue weighted by Crippen LogP contribution is -1.90. The van der Waals surface area contributed by atoms with Gasteiger partial charge < -0.3 is 10.3 Å². The van der Waals surface area contributed by atoms with Crippen LogP contribution in [0.15, 0.2) is 31.7 Å². The van der Waals surface area contributed by atoms with Crippen LogP contribution in [0.2, 0.25) is 0 Å². The lowest BCUT2D eigenvalue weighted by atomic mass is 10.1. The van der Waals surface area contributed by atoms with E-state index in [4.69, 9.17) is 10.3 Å². The summed E-state index contributed by atoms with van der Waals surface area (Å²) in [6.07, 6.45) is 0.800. The molecule has 0 amide bonds. The van der Waals surface area contributed by atoms with Crippen LogP contribution < -0.4 is 5.73 Å². The van der Waals surface area contributed by atoms with Gasteiger partial charge in [-0.25, -0.2) is 0 Å². The van der Waals surface area contributed by atoms with E-state index >= 15 is 0 Å². The maximum atomic E-state index is 5.71. The van der Waals surface area contributed by atoms with Gasteiger partial charge in [-0.3, -0.25) is 0 Å². The molecule has 2 aromatic rings. The highest BCUT2D eigenvalue weighted by atomic mass is 79.9. The zero-order valence-electron chi connectivity index (χ0n) is 8.63. The van der Waals surface area contributed by atoms with Crippen LogP contribution in [0, 0.1) is 0 Å². The number of rotatable bonds is 2. The molecule has 0 aliphatic rings. The summed E-state index contributed by atoms with van der Waals surface area (Å²) in [7, 11) is 0. The monoisotopic (exact) mass is 344 g/mol. The first-order valence-electron chi connectivity index (χ1n) is 4.82. The van der Waals surface area contributed by atoms with Gasteiger partial charge in [0.2, 0.25) is 5.88 Å². The number of aromatic nitrogens is 1. The van der Waals surface area contributed by atoms with Crippen LogP contribution >= 0.6 is 31.9 Å². The molecule has 84 valence electrons. The minimum Gasteiger partial charge on any atom is -0.367 e. The number of nitrogens with zero attached hydrogens (tertiary/aromatic N) is 1. The standard InChI is InChI=1S/C11H10Br2N2O/c1-2-9-10(15-16-11(9)14)6-3-7(12)5-8(13)4-6/h3-5H,2,14H2,1H3. The lowest BCUT2D eigenvalue weighted by molar-refractivity contribution is 0.438. The molecule has 0 spiro atoms. The summed E-state index contributed by atoms with van der Waals surface area (Å²) in [5, 5.41) is 4.00. The summed E-state index contributed by atoms with van der Waals surface area (Å²) in [6.45, 7) is 2.03. The highest BCUT2D eigenvalue weighted by Gasteiger charge is 2.14. The molecule has 3 nitrogen and oxygen atoms in total. The van der Waals surface area contributed by atoms with Crippen LogP contribution in [0.3, 0.4) is 0 Å². The summed E-state index contributed by atoms with van der Waals surface area (Å²) < 4.78 is 6.99. The molecular formula is C11H10Br2N2O. The predicted octanol–water partition coefficient (Wildman–Crippen LogP) is 4.01. The maximum Gasteiger partial charge on any atom is 0.225 e. The average molecular weight is 346 g/mol. The zero-order valence-corrected chi connectivity index (χ0v) is 11.8. The van der Waals surface area contributed by atoms with Crippen molar-refractivity contribution in [2.75, 3.05) is 5.73 Å². The summed E-state index contributed by atoms with van der Waals surface area (Å²) >= 11 is 6.89. The number of hydrogen-bond donors (Lipinski definition) is 1. The van der Waals surface area contributed by atoms with Crippen molar-refractivity contribution in [3.63, 3.8) is 0 Å². The summed E-state index contributed by atoms with van der Waals surface area (Å²) in [5.41, 5.74) is 8.45. The smallest absolute Gasteiger partial charge is 0.225 e. The first-order chi connectivity index (χ1) is 7.61. The molecule has 0 atom stereocenters. The number of hydrogen-bond acceptors (Lipinski definition) is 3. The van der Waals surface area contributed by atoms with Crippen molar-refractivity contribution in [1.29, 1.82) is 0 Å². The molecule has 0 unspecified atom stereocenters. The Labute approximate surface area is 110 Å². The molecule has 0 saturated heterocycles. The highest BCUT2D eigenvalue weighted by molar-refractivity contribution is 9.11. The fourth-order valence-corrected chi connectivity index (χ4v) is 2.87. The van der Waals surface area contributed by atoms with Gasteiger partial charge >= 0.3 is 0 Å². The topological polar surface area (TPSA) is 52.0 Å². The van der Waals surface area contributed by atoms with Crippen LogP contribution in [-0.4, -0.2) is 5.16 Å². The van der Waals surface area contributed by atoms with Crippen molar-refractivity contribution in [3.8, 4) is 11.3 Å². The van der Waals surface area contributed by atoms with Crippen LogP contribution in [0.4, 0.5) is 5.88 Å². The number of halogens is 2. The minimum atomic E-state index is 0.397. The maximum absolute atomic E-state index is 5.71. The molecule has 0 fully saturated rings. The highest BCUT2D eigenvalue weighted by Crippen LogP contribution is 2.31. The fraction of sp³-hybridized carbons (Fsp3) is 0.182. The van der Waals surface area contributed by atoms with Gasteiger partial charge in [0.05, 0.1) is 0 Å². The number of anilines is 1. The molecular weight excluding hydrogens is 336 g/mol. The molecule has 0 radical (unpaired) electrons. The molecule has 16 heavy (non-hydrogen) atoms. The Bertz CT molecular complexity index is 502. The van der Waals surface area contributed by atoms with Gasteiger partial charge in [-0.05, 0) is 24.6 Å². The molecule has 0 saturated carbocycles. The first-order valence-corrected chi connectivity index (χ1v) is 6.41. The lowest BCUT2D eigenvalue weighted by Gasteiger charge is -2.01. The normalized spacial score (nSPS) is 10.7. The Morgan fingerprint density at radius 1 is 1.25 bits per heavy atom. The van der Waals surface area contributed by atoms with E-state index in [2.05, 4.69) is 37.0 Å². The Hall–Kier alpha value is -0.810. The summed E-state index contributed by atoms with van der Waals surface area (Å²) in [6, 6.07) is 5.95. The van der Waals surface area contributed by atoms with E-state index in [1.165, 1.54) is 0 Å². The van der Waals surface area contributed by atoms with Gasteiger partial charge in [0.1, 0.15) is 5.69 Å². The van der Waals surface area contributed by atoms with Crippen LogP contribution in [0.25, 0.3) is 11.3 Å². The molecule has 1 aromatic heterocycles. The molecule has 0 aliphatic carbocycles. The number of nitrogen functional groups attached to an aromatic ring is 1. The second-order valence-electron chi connectivity index (χ2n) is 3.39.